The Morgan fingerprint density at radius 2 is 0.711 bits per heavy atom. The molecule has 1 heterocycles. The van der Waals surface area contributed by atoms with Crippen molar-refractivity contribution in [1.82, 2.24) is 4.57 Å². The average Bonchev–Trinajstić information content (AvgIpc) is 3.35. The largest absolute Gasteiger partial charge is 0.309 e. The van der Waals surface area contributed by atoms with Crippen LogP contribution >= 0.6 is 0 Å². The molecule has 7 aromatic carbocycles. The van der Waals surface area contributed by atoms with Crippen LogP contribution < -0.4 is 0 Å². The molecule has 8 rings (SSSR count). The van der Waals surface area contributed by atoms with Crippen LogP contribution in [0.1, 0.15) is 33.4 Å². The molecule has 1 aromatic heterocycles. The van der Waals surface area contributed by atoms with Gasteiger partial charge in [0.2, 0.25) is 0 Å². The first kappa shape index (κ1) is 27.4. The highest BCUT2D eigenvalue weighted by molar-refractivity contribution is 6.23. The van der Waals surface area contributed by atoms with Crippen molar-refractivity contribution in [2.75, 3.05) is 0 Å². The minimum Gasteiger partial charge on any atom is -0.309 e. The van der Waals surface area contributed by atoms with E-state index >= 15 is 0 Å². The lowest BCUT2D eigenvalue weighted by molar-refractivity contribution is 1.19. The van der Waals surface area contributed by atoms with Gasteiger partial charge in [-0.15, -0.1) is 0 Å². The number of para-hydroxylation sites is 2. The molecule has 8 aromatic rings. The van der Waals surface area contributed by atoms with Gasteiger partial charge in [0.15, 0.2) is 0 Å². The van der Waals surface area contributed by atoms with E-state index in [1.807, 2.05) is 0 Å². The summed E-state index contributed by atoms with van der Waals surface area (Å²) in [7, 11) is 0. The second kappa shape index (κ2) is 10.2. The number of aryl methyl sites for hydroxylation is 6. The topological polar surface area (TPSA) is 4.93 Å². The van der Waals surface area contributed by atoms with Crippen molar-refractivity contribution >= 4 is 43.4 Å². The van der Waals surface area contributed by atoms with Gasteiger partial charge >= 0.3 is 0 Å². The second-order valence-corrected chi connectivity index (χ2v) is 12.9. The standard InChI is InChI=1S/C44H37N/c1-26-21-28(3)41(29(4)22-26)43-35-15-7-8-16-36(35)44(42-30(5)23-27(2)24-31(42)6)38-25-32(19-20-37(38)43)45-39-17-11-9-13-33(39)34-14-10-12-18-40(34)45/h7-25H,1-6H3. The van der Waals surface area contributed by atoms with E-state index in [2.05, 4.69) is 161 Å². The molecule has 218 valence electrons. The summed E-state index contributed by atoms with van der Waals surface area (Å²) in [6.45, 7) is 13.5. The fraction of sp³-hybridized carbons (Fsp3) is 0.136. The van der Waals surface area contributed by atoms with Gasteiger partial charge in [-0.05, 0) is 132 Å². The number of hydrogen-bond acceptors (Lipinski definition) is 0. The Labute approximate surface area is 265 Å². The van der Waals surface area contributed by atoms with Crippen LogP contribution in [0.15, 0.2) is 115 Å². The van der Waals surface area contributed by atoms with E-state index in [9.17, 15) is 0 Å². The van der Waals surface area contributed by atoms with Crippen molar-refractivity contribution in [2.24, 2.45) is 0 Å². The Balaban J connectivity index is 1.59. The highest BCUT2D eigenvalue weighted by Crippen LogP contribution is 2.47. The van der Waals surface area contributed by atoms with Gasteiger partial charge in [0.1, 0.15) is 0 Å². The van der Waals surface area contributed by atoms with Crippen LogP contribution in [-0.4, -0.2) is 4.57 Å². The summed E-state index contributed by atoms with van der Waals surface area (Å²) in [5.74, 6) is 0. The summed E-state index contributed by atoms with van der Waals surface area (Å²) in [6, 6.07) is 43.1. The van der Waals surface area contributed by atoms with Crippen molar-refractivity contribution in [3.8, 4) is 27.9 Å². The summed E-state index contributed by atoms with van der Waals surface area (Å²) < 4.78 is 2.44. The maximum absolute atomic E-state index is 2.46. The Morgan fingerprint density at radius 3 is 1.18 bits per heavy atom. The van der Waals surface area contributed by atoms with Crippen molar-refractivity contribution in [2.45, 2.75) is 41.5 Å². The SMILES string of the molecule is Cc1cc(C)c(-c2c3ccccc3c(-c3c(C)cc(C)cc3C)c3cc(-n4c5ccccc5c5ccccc54)ccc23)c(C)c1. The van der Waals surface area contributed by atoms with Gasteiger partial charge < -0.3 is 4.57 Å². The Bertz CT molecular complexity index is 2390. The maximum atomic E-state index is 2.46. The smallest absolute Gasteiger partial charge is 0.0541 e. The lowest BCUT2D eigenvalue weighted by Gasteiger charge is -2.23. The lowest BCUT2D eigenvalue weighted by Crippen LogP contribution is -1.99. The van der Waals surface area contributed by atoms with Gasteiger partial charge in [-0.3, -0.25) is 0 Å². The zero-order valence-electron chi connectivity index (χ0n) is 26.9. The van der Waals surface area contributed by atoms with Crippen LogP contribution in [0.25, 0.3) is 71.3 Å². The van der Waals surface area contributed by atoms with Crippen LogP contribution in [0, 0.1) is 41.5 Å². The number of rotatable bonds is 3. The lowest BCUT2D eigenvalue weighted by atomic mass is 9.81. The zero-order valence-corrected chi connectivity index (χ0v) is 26.9. The first-order valence-electron chi connectivity index (χ1n) is 16.0. The number of nitrogens with zero attached hydrogens (tertiary/aromatic N) is 1. The third kappa shape index (κ3) is 4.15. The fourth-order valence-electron chi connectivity index (χ4n) is 8.19. The zero-order chi connectivity index (χ0) is 31.0. The Morgan fingerprint density at radius 1 is 0.333 bits per heavy atom. The van der Waals surface area contributed by atoms with Crippen LogP contribution in [-0.2, 0) is 0 Å². The van der Waals surface area contributed by atoms with Gasteiger partial charge in [0.05, 0.1) is 11.0 Å². The van der Waals surface area contributed by atoms with Gasteiger partial charge in [0, 0.05) is 16.5 Å². The quantitative estimate of drug-likeness (QED) is 0.183. The molecule has 45 heavy (non-hydrogen) atoms. The number of aromatic nitrogens is 1. The first-order valence-corrected chi connectivity index (χ1v) is 16.0. The summed E-state index contributed by atoms with van der Waals surface area (Å²) in [6.07, 6.45) is 0. The fourth-order valence-corrected chi connectivity index (χ4v) is 8.19. The number of benzene rings is 7. The van der Waals surface area contributed by atoms with E-state index < -0.39 is 0 Å². The first-order chi connectivity index (χ1) is 21.8. The number of fused-ring (bicyclic) bond motifs is 5. The molecule has 0 bridgehead atoms. The number of hydrogen-bond donors (Lipinski definition) is 0. The molecule has 1 heteroatoms. The molecule has 0 aliphatic rings. The monoisotopic (exact) mass is 579 g/mol. The molecule has 0 N–H and O–H groups in total. The normalized spacial score (nSPS) is 11.8. The summed E-state index contributed by atoms with van der Waals surface area (Å²) in [5.41, 5.74) is 16.9. The highest BCUT2D eigenvalue weighted by Gasteiger charge is 2.22. The van der Waals surface area contributed by atoms with E-state index in [1.165, 1.54) is 105 Å². The van der Waals surface area contributed by atoms with Crippen molar-refractivity contribution in [1.29, 1.82) is 0 Å². The van der Waals surface area contributed by atoms with Gasteiger partial charge in [0.25, 0.3) is 0 Å². The van der Waals surface area contributed by atoms with Gasteiger partial charge in [-0.25, -0.2) is 0 Å². The second-order valence-electron chi connectivity index (χ2n) is 12.9. The van der Waals surface area contributed by atoms with Gasteiger partial charge in [-0.1, -0.05) is 102 Å². The molecule has 0 atom stereocenters. The average molecular weight is 580 g/mol. The molecule has 0 radical (unpaired) electrons. The molecular formula is C44H37N. The van der Waals surface area contributed by atoms with Crippen molar-refractivity contribution in [3.63, 3.8) is 0 Å². The van der Waals surface area contributed by atoms with Crippen molar-refractivity contribution in [3.05, 3.63) is 149 Å². The molecule has 0 aliphatic carbocycles. The Kier molecular flexibility index (Phi) is 6.22. The van der Waals surface area contributed by atoms with E-state index in [0.717, 1.165) is 0 Å². The minimum atomic E-state index is 1.18. The van der Waals surface area contributed by atoms with E-state index in [1.54, 1.807) is 0 Å². The van der Waals surface area contributed by atoms with Gasteiger partial charge in [-0.2, -0.15) is 0 Å². The van der Waals surface area contributed by atoms with E-state index in [4.69, 9.17) is 0 Å². The van der Waals surface area contributed by atoms with E-state index in [-0.39, 0.29) is 0 Å². The summed E-state index contributed by atoms with van der Waals surface area (Å²) >= 11 is 0. The van der Waals surface area contributed by atoms with Crippen LogP contribution in [0.4, 0.5) is 0 Å². The molecule has 1 nitrogen and oxygen atoms in total. The molecule has 0 saturated carbocycles. The predicted molar refractivity (Wildman–Crippen MR) is 195 cm³/mol. The van der Waals surface area contributed by atoms with Crippen LogP contribution in [0.3, 0.4) is 0 Å². The summed E-state index contributed by atoms with van der Waals surface area (Å²) in [5, 5.41) is 7.75. The van der Waals surface area contributed by atoms with Crippen molar-refractivity contribution < 1.29 is 0 Å². The third-order valence-electron chi connectivity index (χ3n) is 9.70. The predicted octanol–water partition coefficient (Wildman–Crippen LogP) is 12.3. The highest BCUT2D eigenvalue weighted by atomic mass is 15.0. The maximum Gasteiger partial charge on any atom is 0.0541 e. The molecule has 0 fully saturated rings. The van der Waals surface area contributed by atoms with Crippen LogP contribution in [0.5, 0.6) is 0 Å². The Hall–Kier alpha value is -5.14. The molecule has 0 spiro atoms. The molecule has 0 unspecified atom stereocenters. The summed E-state index contributed by atoms with van der Waals surface area (Å²) in [4.78, 5) is 0. The third-order valence-corrected chi connectivity index (χ3v) is 9.70. The van der Waals surface area contributed by atoms with Crippen LogP contribution in [0.2, 0.25) is 0 Å². The molecule has 0 amide bonds. The molecule has 0 saturated heterocycles. The minimum absolute atomic E-state index is 1.18. The molecular weight excluding hydrogens is 542 g/mol. The molecule has 0 aliphatic heterocycles. The van der Waals surface area contributed by atoms with E-state index in [0.29, 0.717) is 0 Å².